The van der Waals surface area contributed by atoms with Gasteiger partial charge in [-0.05, 0) is 57.3 Å². The molecule has 1 aliphatic rings. The lowest BCUT2D eigenvalue weighted by molar-refractivity contribution is -0.148. The molecule has 6 heteroatoms. The number of aliphatic carboxylic acids is 2. The van der Waals surface area contributed by atoms with Gasteiger partial charge in [0, 0.05) is 6.08 Å². The van der Waals surface area contributed by atoms with Crippen LogP contribution >= 0.6 is 0 Å². The zero-order valence-corrected chi connectivity index (χ0v) is 24.8. The molecule has 0 radical (unpaired) electrons. The maximum absolute atomic E-state index is 11.5. The molecule has 0 bridgehead atoms. The molecule has 1 fully saturated rings. The second kappa shape index (κ2) is 24.2. The molecule has 6 nitrogen and oxygen atoms in total. The van der Waals surface area contributed by atoms with E-state index >= 15 is 0 Å². The van der Waals surface area contributed by atoms with E-state index in [2.05, 4.69) is 27.4 Å². The minimum absolute atomic E-state index is 0.0955. The zero-order valence-electron chi connectivity index (χ0n) is 24.8. The molecule has 2 N–H and O–H groups in total. The molecule has 0 spiro atoms. The highest BCUT2D eigenvalue weighted by Gasteiger charge is 2.29. The van der Waals surface area contributed by atoms with E-state index in [1.807, 2.05) is 0 Å². The predicted molar refractivity (Wildman–Crippen MR) is 155 cm³/mol. The van der Waals surface area contributed by atoms with Crippen molar-refractivity contribution in [2.24, 2.45) is 17.8 Å². The number of carbonyl (C=O) groups excluding carboxylic acids is 1. The Bertz CT molecular complexity index is 599. The summed E-state index contributed by atoms with van der Waals surface area (Å²) in [5.41, 5.74) is 0. The minimum Gasteiger partial charge on any atom is -0.481 e. The molecular formula is C32H58O6. The fourth-order valence-electron chi connectivity index (χ4n) is 5.02. The highest BCUT2D eigenvalue weighted by Crippen LogP contribution is 2.28. The average molecular weight is 539 g/mol. The number of esters is 1. The minimum atomic E-state index is -0.793. The summed E-state index contributed by atoms with van der Waals surface area (Å²) in [6.07, 6.45) is 23.8. The Morgan fingerprint density at radius 1 is 0.711 bits per heavy atom. The number of carbonyl (C=O) groups is 3. The van der Waals surface area contributed by atoms with Crippen LogP contribution in [0.2, 0.25) is 0 Å². The van der Waals surface area contributed by atoms with E-state index in [1.165, 1.54) is 96.0 Å². The Morgan fingerprint density at radius 3 is 1.42 bits per heavy atom. The normalized spacial score (nSPS) is 17.8. The summed E-state index contributed by atoms with van der Waals surface area (Å²) in [6.45, 7) is 10.4. The lowest BCUT2D eigenvalue weighted by Crippen LogP contribution is -2.25. The Balaban J connectivity index is 0.000000942. The second-order valence-electron chi connectivity index (χ2n) is 11.5. The molecule has 222 valence electrons. The van der Waals surface area contributed by atoms with Crippen molar-refractivity contribution < 1.29 is 29.3 Å². The van der Waals surface area contributed by atoms with Gasteiger partial charge in [0.05, 0.1) is 11.8 Å². The lowest BCUT2D eigenvalue weighted by Gasteiger charge is -2.22. The molecule has 0 aromatic carbocycles. The van der Waals surface area contributed by atoms with Crippen LogP contribution in [0.15, 0.2) is 12.7 Å². The maximum Gasteiger partial charge on any atom is 0.330 e. The standard InChI is InChI=1S/C24H46O2.C8H12O4/c1-5-7-8-13-17-20-23(26-24(25)6-2)21-18-15-12-10-9-11-14-16-19-22(3)4;9-7(10)5-1-2-6(4-3-5)8(11)12/h6,22-23H,2,5,7-21H2,1,3-4H3;5-6H,1-4H2,(H,9,10)(H,11,12). The summed E-state index contributed by atoms with van der Waals surface area (Å²) in [5.74, 6) is -1.63. The van der Waals surface area contributed by atoms with Crippen LogP contribution in [0.5, 0.6) is 0 Å². The van der Waals surface area contributed by atoms with Crippen LogP contribution in [0.25, 0.3) is 0 Å². The summed E-state index contributed by atoms with van der Waals surface area (Å²) in [5, 5.41) is 17.2. The van der Waals surface area contributed by atoms with Crippen LogP contribution in [0, 0.1) is 17.8 Å². The Hall–Kier alpha value is -1.85. The highest BCUT2D eigenvalue weighted by molar-refractivity contribution is 5.81. The quantitative estimate of drug-likeness (QED) is 0.0859. The number of hydrogen-bond donors (Lipinski definition) is 2. The summed E-state index contributed by atoms with van der Waals surface area (Å²) in [4.78, 5) is 32.5. The van der Waals surface area contributed by atoms with Gasteiger partial charge in [-0.1, -0.05) is 104 Å². The fourth-order valence-corrected chi connectivity index (χ4v) is 5.02. The van der Waals surface area contributed by atoms with Crippen molar-refractivity contribution in [3.8, 4) is 0 Å². The first-order chi connectivity index (χ1) is 18.2. The zero-order chi connectivity index (χ0) is 28.6. The van der Waals surface area contributed by atoms with E-state index in [0.29, 0.717) is 25.7 Å². The first kappa shape index (κ1) is 36.1. The van der Waals surface area contributed by atoms with E-state index in [-0.39, 0.29) is 23.9 Å². The van der Waals surface area contributed by atoms with Crippen molar-refractivity contribution in [3.05, 3.63) is 12.7 Å². The number of unbranched alkanes of at least 4 members (excludes halogenated alkanes) is 11. The number of rotatable bonds is 21. The van der Waals surface area contributed by atoms with E-state index in [1.54, 1.807) is 0 Å². The van der Waals surface area contributed by atoms with Crippen molar-refractivity contribution >= 4 is 17.9 Å². The highest BCUT2D eigenvalue weighted by atomic mass is 16.5. The predicted octanol–water partition coefficient (Wildman–Crippen LogP) is 8.96. The first-order valence-electron chi connectivity index (χ1n) is 15.5. The van der Waals surface area contributed by atoms with Gasteiger partial charge in [0.1, 0.15) is 6.10 Å². The summed E-state index contributed by atoms with van der Waals surface area (Å²) in [7, 11) is 0. The van der Waals surface area contributed by atoms with Gasteiger partial charge in [-0.3, -0.25) is 9.59 Å². The van der Waals surface area contributed by atoms with E-state index < -0.39 is 11.9 Å². The van der Waals surface area contributed by atoms with Crippen LogP contribution in [-0.4, -0.2) is 34.2 Å². The van der Waals surface area contributed by atoms with E-state index in [4.69, 9.17) is 14.9 Å². The molecule has 0 amide bonds. The molecule has 0 aromatic heterocycles. The number of carboxylic acids is 2. The summed E-state index contributed by atoms with van der Waals surface area (Å²) < 4.78 is 5.54. The monoisotopic (exact) mass is 538 g/mol. The van der Waals surface area contributed by atoms with Crippen LogP contribution < -0.4 is 0 Å². The van der Waals surface area contributed by atoms with Crippen LogP contribution in [0.4, 0.5) is 0 Å². The van der Waals surface area contributed by atoms with Crippen LogP contribution in [-0.2, 0) is 19.1 Å². The fraction of sp³-hybridized carbons (Fsp3) is 0.844. The topological polar surface area (TPSA) is 101 Å². The molecule has 0 aliphatic heterocycles. The van der Waals surface area contributed by atoms with E-state index in [0.717, 1.165) is 18.8 Å². The maximum atomic E-state index is 11.5. The first-order valence-corrected chi connectivity index (χ1v) is 15.5. The average Bonchev–Trinajstić information content (AvgIpc) is 2.89. The van der Waals surface area contributed by atoms with Gasteiger partial charge < -0.3 is 14.9 Å². The van der Waals surface area contributed by atoms with Crippen molar-refractivity contribution in [2.75, 3.05) is 0 Å². The lowest BCUT2D eigenvalue weighted by atomic mass is 9.82. The van der Waals surface area contributed by atoms with Crippen molar-refractivity contribution in [2.45, 2.75) is 155 Å². The molecule has 1 rings (SSSR count). The molecule has 0 heterocycles. The molecular weight excluding hydrogens is 480 g/mol. The van der Waals surface area contributed by atoms with Crippen molar-refractivity contribution in [1.82, 2.24) is 0 Å². The van der Waals surface area contributed by atoms with Crippen LogP contribution in [0.3, 0.4) is 0 Å². The van der Waals surface area contributed by atoms with Gasteiger partial charge in [-0.2, -0.15) is 0 Å². The summed E-state index contributed by atoms with van der Waals surface area (Å²) >= 11 is 0. The second-order valence-corrected chi connectivity index (χ2v) is 11.5. The van der Waals surface area contributed by atoms with Gasteiger partial charge >= 0.3 is 17.9 Å². The Kier molecular flexibility index (Phi) is 23.0. The van der Waals surface area contributed by atoms with E-state index in [9.17, 15) is 14.4 Å². The molecule has 1 saturated carbocycles. The molecule has 1 unspecified atom stereocenters. The van der Waals surface area contributed by atoms with Gasteiger partial charge in [0.2, 0.25) is 0 Å². The SMILES string of the molecule is C=CC(=O)OC(CCCCCCC)CCCCCCCCCCC(C)C.O=C(O)C1CCC(C(=O)O)CC1. The van der Waals surface area contributed by atoms with Gasteiger partial charge in [0.15, 0.2) is 0 Å². The van der Waals surface area contributed by atoms with Gasteiger partial charge in [-0.25, -0.2) is 4.79 Å². The largest absolute Gasteiger partial charge is 0.481 e. The summed E-state index contributed by atoms with van der Waals surface area (Å²) in [6, 6.07) is 0. The molecule has 0 saturated heterocycles. The number of carboxylic acid groups (broad SMARTS) is 2. The van der Waals surface area contributed by atoms with Crippen LogP contribution in [0.1, 0.15) is 149 Å². The number of hydrogen-bond acceptors (Lipinski definition) is 4. The Labute approximate surface area is 233 Å². The molecule has 1 aliphatic carbocycles. The van der Waals surface area contributed by atoms with Crippen molar-refractivity contribution in [3.63, 3.8) is 0 Å². The smallest absolute Gasteiger partial charge is 0.330 e. The van der Waals surface area contributed by atoms with Gasteiger partial charge in [-0.15, -0.1) is 0 Å². The molecule has 0 aromatic rings. The Morgan fingerprint density at radius 2 is 1.08 bits per heavy atom. The third-order valence-corrected chi connectivity index (χ3v) is 7.56. The number of ether oxygens (including phenoxy) is 1. The molecule has 1 atom stereocenters. The van der Waals surface area contributed by atoms with Gasteiger partial charge in [0.25, 0.3) is 0 Å². The van der Waals surface area contributed by atoms with Crippen molar-refractivity contribution in [1.29, 1.82) is 0 Å². The third kappa shape index (κ3) is 21.1. The molecule has 38 heavy (non-hydrogen) atoms. The third-order valence-electron chi connectivity index (χ3n) is 7.56.